The van der Waals surface area contributed by atoms with Crippen molar-refractivity contribution in [1.29, 1.82) is 0 Å². The molecule has 1 aromatic heterocycles. The topological polar surface area (TPSA) is 64.0 Å². The average molecular weight is 317 g/mol. The molecule has 2 rings (SSSR count). The normalized spacial score (nSPS) is 10.7. The number of nitrogens with zero attached hydrogens (tertiary/aromatic N) is 2. The third kappa shape index (κ3) is 4.21. The molecule has 0 bridgehead atoms. The number of carbonyl (C=O) groups is 1. The molecule has 5 nitrogen and oxygen atoms in total. The largest absolute Gasteiger partial charge is 0.352 e. The van der Waals surface area contributed by atoms with Crippen molar-refractivity contribution < 1.29 is 4.79 Å². The van der Waals surface area contributed by atoms with Crippen LogP contribution in [0.4, 0.5) is 0 Å². The van der Waals surface area contributed by atoms with Gasteiger partial charge in [0.2, 0.25) is 5.91 Å². The van der Waals surface area contributed by atoms with Gasteiger partial charge in [0.1, 0.15) is 6.54 Å². The molecule has 0 unspecified atom stereocenters. The lowest BCUT2D eigenvalue weighted by Crippen LogP contribution is -2.36. The molecular formula is C16H19N3O2S. The summed E-state index contributed by atoms with van der Waals surface area (Å²) in [6.07, 6.45) is 2.01. The molecule has 2 aromatic rings. The molecule has 1 N–H and O–H groups in total. The number of benzene rings is 1. The molecule has 0 aliphatic carbocycles. The number of hydrogen-bond donors (Lipinski definition) is 1. The third-order valence-corrected chi connectivity index (χ3v) is 3.74. The van der Waals surface area contributed by atoms with Gasteiger partial charge in [-0.1, -0.05) is 12.1 Å². The van der Waals surface area contributed by atoms with E-state index in [-0.39, 0.29) is 24.1 Å². The van der Waals surface area contributed by atoms with Crippen molar-refractivity contribution in [2.75, 3.05) is 6.26 Å². The summed E-state index contributed by atoms with van der Waals surface area (Å²) in [5, 5.41) is 7.03. The van der Waals surface area contributed by atoms with Gasteiger partial charge in [-0.15, -0.1) is 11.8 Å². The highest BCUT2D eigenvalue weighted by molar-refractivity contribution is 7.98. The van der Waals surface area contributed by atoms with Crippen LogP contribution in [0.1, 0.15) is 13.8 Å². The zero-order valence-corrected chi connectivity index (χ0v) is 13.7. The first-order valence-electron chi connectivity index (χ1n) is 7.01. The summed E-state index contributed by atoms with van der Waals surface area (Å²) in [5.41, 5.74) is 1.30. The maximum atomic E-state index is 11.8. The standard InChI is InChI=1S/C16H19N3O2S/c1-11(2)17-15(20)10-19-16(21)9-8-14(18-19)12-4-6-13(22-3)7-5-12/h4-9,11H,10H2,1-3H3,(H,17,20). The summed E-state index contributed by atoms with van der Waals surface area (Å²) in [4.78, 5) is 24.8. The van der Waals surface area contributed by atoms with E-state index in [0.717, 1.165) is 10.5 Å². The van der Waals surface area contributed by atoms with Crippen molar-refractivity contribution in [2.45, 2.75) is 31.3 Å². The quantitative estimate of drug-likeness (QED) is 0.858. The highest BCUT2D eigenvalue weighted by atomic mass is 32.2. The van der Waals surface area contributed by atoms with Crippen molar-refractivity contribution in [3.05, 3.63) is 46.8 Å². The van der Waals surface area contributed by atoms with Gasteiger partial charge in [0.05, 0.1) is 5.69 Å². The Morgan fingerprint density at radius 1 is 1.23 bits per heavy atom. The fourth-order valence-corrected chi connectivity index (χ4v) is 2.39. The van der Waals surface area contributed by atoms with Gasteiger partial charge >= 0.3 is 0 Å². The Bertz CT molecular complexity index is 708. The van der Waals surface area contributed by atoms with E-state index in [0.29, 0.717) is 5.69 Å². The Labute approximate surface area is 133 Å². The monoisotopic (exact) mass is 317 g/mol. The predicted molar refractivity (Wildman–Crippen MR) is 89.0 cm³/mol. The van der Waals surface area contributed by atoms with Gasteiger partial charge in [0, 0.05) is 22.6 Å². The van der Waals surface area contributed by atoms with Crippen LogP contribution in [0.2, 0.25) is 0 Å². The number of hydrogen-bond acceptors (Lipinski definition) is 4. The number of amides is 1. The molecule has 0 aliphatic heterocycles. The van der Waals surface area contributed by atoms with Gasteiger partial charge in [-0.2, -0.15) is 5.10 Å². The Balaban J connectivity index is 2.25. The van der Waals surface area contributed by atoms with Gasteiger partial charge in [-0.25, -0.2) is 4.68 Å². The van der Waals surface area contributed by atoms with Crippen LogP contribution < -0.4 is 10.9 Å². The zero-order valence-electron chi connectivity index (χ0n) is 12.9. The summed E-state index contributed by atoms with van der Waals surface area (Å²) in [6, 6.07) is 11.1. The summed E-state index contributed by atoms with van der Waals surface area (Å²) >= 11 is 1.66. The van der Waals surface area contributed by atoms with Crippen LogP contribution in [0.15, 0.2) is 46.1 Å². The second kappa shape index (κ2) is 7.26. The molecule has 1 amide bonds. The molecule has 1 heterocycles. The summed E-state index contributed by atoms with van der Waals surface area (Å²) in [6.45, 7) is 3.67. The Kier molecular flexibility index (Phi) is 5.38. The SMILES string of the molecule is CSc1ccc(-c2ccc(=O)n(CC(=O)NC(C)C)n2)cc1. The van der Waals surface area contributed by atoms with E-state index in [9.17, 15) is 9.59 Å². The van der Waals surface area contributed by atoms with Crippen molar-refractivity contribution in [3.8, 4) is 11.3 Å². The van der Waals surface area contributed by atoms with Crippen LogP contribution in [0.5, 0.6) is 0 Å². The lowest BCUT2D eigenvalue weighted by molar-refractivity contribution is -0.122. The van der Waals surface area contributed by atoms with Gasteiger partial charge in [0.15, 0.2) is 0 Å². The molecule has 0 saturated carbocycles. The first-order valence-corrected chi connectivity index (χ1v) is 8.24. The maximum Gasteiger partial charge on any atom is 0.267 e. The average Bonchev–Trinajstić information content (AvgIpc) is 2.49. The van der Waals surface area contributed by atoms with Crippen LogP contribution in [-0.2, 0) is 11.3 Å². The van der Waals surface area contributed by atoms with Gasteiger partial charge in [-0.3, -0.25) is 9.59 Å². The van der Waals surface area contributed by atoms with Crippen LogP contribution in [0.3, 0.4) is 0 Å². The van der Waals surface area contributed by atoms with Gasteiger partial charge in [-0.05, 0) is 38.3 Å². The second-order valence-electron chi connectivity index (χ2n) is 5.17. The first-order chi connectivity index (χ1) is 10.5. The maximum absolute atomic E-state index is 11.8. The Morgan fingerprint density at radius 3 is 2.50 bits per heavy atom. The molecule has 0 saturated heterocycles. The second-order valence-corrected chi connectivity index (χ2v) is 6.04. The number of nitrogens with one attached hydrogen (secondary N) is 1. The highest BCUT2D eigenvalue weighted by Crippen LogP contribution is 2.20. The van der Waals surface area contributed by atoms with Crippen LogP contribution in [0.25, 0.3) is 11.3 Å². The summed E-state index contributed by atoms with van der Waals surface area (Å²) in [7, 11) is 0. The number of carbonyl (C=O) groups excluding carboxylic acids is 1. The van der Waals surface area contributed by atoms with Gasteiger partial charge < -0.3 is 5.32 Å². The molecule has 0 spiro atoms. The van der Waals surface area contributed by atoms with Crippen molar-refractivity contribution in [3.63, 3.8) is 0 Å². The molecule has 1 aromatic carbocycles. The molecule has 116 valence electrons. The fourth-order valence-electron chi connectivity index (χ4n) is 1.98. The van der Waals surface area contributed by atoms with E-state index in [1.807, 2.05) is 44.4 Å². The predicted octanol–water partition coefficient (Wildman–Crippen LogP) is 2.16. The fraction of sp³-hybridized carbons (Fsp3) is 0.312. The smallest absolute Gasteiger partial charge is 0.267 e. The Hall–Kier alpha value is -2.08. The van der Waals surface area contributed by atoms with E-state index in [1.165, 1.54) is 10.7 Å². The van der Waals surface area contributed by atoms with Crippen molar-refractivity contribution >= 4 is 17.7 Å². The lowest BCUT2D eigenvalue weighted by Gasteiger charge is -2.10. The molecule has 0 aliphatic rings. The van der Waals surface area contributed by atoms with E-state index >= 15 is 0 Å². The lowest BCUT2D eigenvalue weighted by atomic mass is 10.1. The number of aromatic nitrogens is 2. The number of thioether (sulfide) groups is 1. The molecule has 0 radical (unpaired) electrons. The minimum atomic E-state index is -0.289. The molecular weight excluding hydrogens is 298 g/mol. The van der Waals surface area contributed by atoms with E-state index in [2.05, 4.69) is 10.4 Å². The van der Waals surface area contributed by atoms with Crippen LogP contribution in [0, 0.1) is 0 Å². The van der Waals surface area contributed by atoms with E-state index in [4.69, 9.17) is 0 Å². The molecule has 0 atom stereocenters. The van der Waals surface area contributed by atoms with E-state index in [1.54, 1.807) is 17.8 Å². The molecule has 0 fully saturated rings. The van der Waals surface area contributed by atoms with Crippen LogP contribution >= 0.6 is 11.8 Å². The molecule has 6 heteroatoms. The summed E-state index contributed by atoms with van der Waals surface area (Å²) < 4.78 is 1.19. The Morgan fingerprint density at radius 2 is 1.91 bits per heavy atom. The summed E-state index contributed by atoms with van der Waals surface area (Å²) in [5.74, 6) is -0.223. The van der Waals surface area contributed by atoms with E-state index < -0.39 is 0 Å². The number of rotatable bonds is 5. The minimum absolute atomic E-state index is 0.0328. The van der Waals surface area contributed by atoms with Crippen molar-refractivity contribution in [1.82, 2.24) is 15.1 Å². The van der Waals surface area contributed by atoms with Gasteiger partial charge in [0.25, 0.3) is 5.56 Å². The van der Waals surface area contributed by atoms with Crippen LogP contribution in [-0.4, -0.2) is 28.0 Å². The zero-order chi connectivity index (χ0) is 16.1. The van der Waals surface area contributed by atoms with Crippen molar-refractivity contribution in [2.24, 2.45) is 0 Å². The third-order valence-electron chi connectivity index (χ3n) is 3.00. The first kappa shape index (κ1) is 16.3. The molecule has 22 heavy (non-hydrogen) atoms. The minimum Gasteiger partial charge on any atom is -0.352 e. The highest BCUT2D eigenvalue weighted by Gasteiger charge is 2.08.